The van der Waals surface area contributed by atoms with Gasteiger partial charge >= 0.3 is 0 Å². The van der Waals surface area contributed by atoms with Gasteiger partial charge in [-0.25, -0.2) is 0 Å². The second-order valence-electron chi connectivity index (χ2n) is 5.09. The summed E-state index contributed by atoms with van der Waals surface area (Å²) < 4.78 is 4.99. The number of aryl methyl sites for hydroxylation is 1. The van der Waals surface area contributed by atoms with Crippen molar-refractivity contribution in [2.45, 2.75) is 19.0 Å². The monoisotopic (exact) mass is 294 g/mol. The van der Waals surface area contributed by atoms with Crippen LogP contribution in [-0.2, 0) is 9.53 Å². The minimum absolute atomic E-state index is 0.0160. The summed E-state index contributed by atoms with van der Waals surface area (Å²) in [6.45, 7) is 3.08. The van der Waals surface area contributed by atoms with Crippen LogP contribution in [0.5, 0.6) is 0 Å². The minimum Gasteiger partial charge on any atom is -0.383 e. The third-order valence-corrected chi connectivity index (χ3v) is 4.56. The SMILES string of the molecule is COCC(N)C(=O)N1CCSCC1c1ccc(C)cc1. The maximum atomic E-state index is 12.5. The molecule has 20 heavy (non-hydrogen) atoms. The lowest BCUT2D eigenvalue weighted by Crippen LogP contribution is -2.50. The lowest BCUT2D eigenvalue weighted by Gasteiger charge is -2.37. The third-order valence-electron chi connectivity index (χ3n) is 3.54. The van der Waals surface area contributed by atoms with Gasteiger partial charge in [-0.1, -0.05) is 29.8 Å². The molecule has 110 valence electrons. The van der Waals surface area contributed by atoms with Crippen LogP contribution in [0, 0.1) is 6.92 Å². The largest absolute Gasteiger partial charge is 0.383 e. The fourth-order valence-corrected chi connectivity index (χ4v) is 3.48. The van der Waals surface area contributed by atoms with E-state index >= 15 is 0 Å². The first-order chi connectivity index (χ1) is 9.63. The van der Waals surface area contributed by atoms with Gasteiger partial charge < -0.3 is 15.4 Å². The minimum atomic E-state index is -0.573. The Morgan fingerprint density at radius 1 is 1.50 bits per heavy atom. The van der Waals surface area contributed by atoms with Crippen LogP contribution >= 0.6 is 11.8 Å². The van der Waals surface area contributed by atoms with E-state index in [9.17, 15) is 4.79 Å². The number of amides is 1. The molecule has 2 N–H and O–H groups in total. The lowest BCUT2D eigenvalue weighted by atomic mass is 10.0. The van der Waals surface area contributed by atoms with Gasteiger partial charge in [0, 0.05) is 25.2 Å². The molecular formula is C15H22N2O2S. The molecule has 1 saturated heterocycles. The van der Waals surface area contributed by atoms with Gasteiger partial charge in [-0.2, -0.15) is 11.8 Å². The van der Waals surface area contributed by atoms with E-state index in [0.717, 1.165) is 18.1 Å². The Morgan fingerprint density at radius 3 is 2.85 bits per heavy atom. The lowest BCUT2D eigenvalue weighted by molar-refractivity contribution is -0.135. The highest BCUT2D eigenvalue weighted by Crippen LogP contribution is 2.30. The number of rotatable bonds is 4. The molecule has 2 atom stereocenters. The third kappa shape index (κ3) is 3.53. The van der Waals surface area contributed by atoms with Crippen LogP contribution in [0.4, 0.5) is 0 Å². The van der Waals surface area contributed by atoms with Crippen LogP contribution in [0.1, 0.15) is 17.2 Å². The van der Waals surface area contributed by atoms with Crippen molar-refractivity contribution in [1.29, 1.82) is 0 Å². The first kappa shape index (κ1) is 15.4. The summed E-state index contributed by atoms with van der Waals surface area (Å²) >= 11 is 1.88. The predicted molar refractivity (Wildman–Crippen MR) is 82.8 cm³/mol. The van der Waals surface area contributed by atoms with Gasteiger partial charge in [-0.3, -0.25) is 4.79 Å². The molecule has 1 aliphatic heterocycles. The van der Waals surface area contributed by atoms with Crippen molar-refractivity contribution in [3.8, 4) is 0 Å². The summed E-state index contributed by atoms with van der Waals surface area (Å²) in [5.41, 5.74) is 8.31. The zero-order chi connectivity index (χ0) is 14.5. The fourth-order valence-electron chi connectivity index (χ4n) is 2.40. The molecule has 1 aliphatic rings. The summed E-state index contributed by atoms with van der Waals surface area (Å²) in [6.07, 6.45) is 0. The quantitative estimate of drug-likeness (QED) is 0.916. The summed E-state index contributed by atoms with van der Waals surface area (Å²) in [7, 11) is 1.57. The summed E-state index contributed by atoms with van der Waals surface area (Å²) in [5.74, 6) is 1.88. The van der Waals surface area contributed by atoms with E-state index in [1.54, 1.807) is 7.11 Å². The highest BCUT2D eigenvalue weighted by molar-refractivity contribution is 7.99. The molecule has 0 aliphatic carbocycles. The highest BCUT2D eigenvalue weighted by atomic mass is 32.2. The van der Waals surface area contributed by atoms with Crippen molar-refractivity contribution in [3.63, 3.8) is 0 Å². The standard InChI is InChI=1S/C15H22N2O2S/c1-11-3-5-12(6-4-11)14-10-20-8-7-17(14)15(18)13(16)9-19-2/h3-6,13-14H,7-10,16H2,1-2H3. The number of nitrogens with zero attached hydrogens (tertiary/aromatic N) is 1. The number of carbonyl (C=O) groups excluding carboxylic acids is 1. The first-order valence-electron chi connectivity index (χ1n) is 6.82. The molecule has 2 rings (SSSR count). The molecule has 1 fully saturated rings. The average Bonchev–Trinajstić information content (AvgIpc) is 2.47. The van der Waals surface area contributed by atoms with Gasteiger partial charge in [0.2, 0.25) is 5.91 Å². The number of benzene rings is 1. The Hall–Kier alpha value is -1.04. The van der Waals surface area contributed by atoms with Crippen LogP contribution < -0.4 is 5.73 Å². The van der Waals surface area contributed by atoms with Crippen molar-refractivity contribution in [2.24, 2.45) is 5.73 Å². The number of nitrogens with two attached hydrogens (primary N) is 1. The topological polar surface area (TPSA) is 55.6 Å². The molecule has 1 amide bonds. The molecule has 0 aromatic heterocycles. The molecule has 1 aromatic rings. The molecule has 5 heteroatoms. The Balaban J connectivity index is 2.16. The van der Waals surface area contributed by atoms with Crippen molar-refractivity contribution in [3.05, 3.63) is 35.4 Å². The zero-order valence-electron chi connectivity index (χ0n) is 12.0. The Labute approximate surface area is 124 Å². The van der Waals surface area contributed by atoms with Crippen LogP contribution in [0.2, 0.25) is 0 Å². The van der Waals surface area contributed by atoms with Crippen molar-refractivity contribution in [1.82, 2.24) is 4.90 Å². The van der Waals surface area contributed by atoms with E-state index in [2.05, 4.69) is 31.2 Å². The van der Waals surface area contributed by atoms with Crippen LogP contribution in [0.15, 0.2) is 24.3 Å². The normalized spacial score (nSPS) is 20.8. The summed E-state index contributed by atoms with van der Waals surface area (Å²) in [4.78, 5) is 14.4. The second kappa shape index (κ2) is 7.11. The average molecular weight is 294 g/mol. The molecule has 0 spiro atoms. The van der Waals surface area contributed by atoms with Gasteiger partial charge in [0.25, 0.3) is 0 Å². The van der Waals surface area contributed by atoms with E-state index in [-0.39, 0.29) is 18.6 Å². The van der Waals surface area contributed by atoms with Crippen LogP contribution in [0.3, 0.4) is 0 Å². The van der Waals surface area contributed by atoms with Gasteiger partial charge in [0.15, 0.2) is 0 Å². The molecule has 2 unspecified atom stereocenters. The van der Waals surface area contributed by atoms with Gasteiger partial charge in [-0.05, 0) is 12.5 Å². The fraction of sp³-hybridized carbons (Fsp3) is 0.533. The second-order valence-corrected chi connectivity index (χ2v) is 6.24. The summed E-state index contributed by atoms with van der Waals surface area (Å²) in [6, 6.07) is 7.93. The van der Waals surface area contributed by atoms with E-state index in [0.29, 0.717) is 0 Å². The van der Waals surface area contributed by atoms with Gasteiger partial charge in [0.1, 0.15) is 6.04 Å². The maximum Gasteiger partial charge on any atom is 0.242 e. The maximum absolute atomic E-state index is 12.5. The van der Waals surface area contributed by atoms with Gasteiger partial charge in [-0.15, -0.1) is 0 Å². The number of ether oxygens (including phenoxy) is 1. The molecule has 1 aromatic carbocycles. The van der Waals surface area contributed by atoms with E-state index in [1.165, 1.54) is 11.1 Å². The number of methoxy groups -OCH3 is 1. The highest BCUT2D eigenvalue weighted by Gasteiger charge is 2.31. The van der Waals surface area contributed by atoms with Crippen LogP contribution in [-0.4, -0.2) is 48.6 Å². The van der Waals surface area contributed by atoms with Crippen molar-refractivity contribution >= 4 is 17.7 Å². The Bertz CT molecular complexity index is 450. The Morgan fingerprint density at radius 2 is 2.20 bits per heavy atom. The summed E-state index contributed by atoms with van der Waals surface area (Å²) in [5, 5.41) is 0. The van der Waals surface area contributed by atoms with Crippen molar-refractivity contribution < 1.29 is 9.53 Å². The molecular weight excluding hydrogens is 272 g/mol. The number of carbonyl (C=O) groups is 1. The molecule has 0 saturated carbocycles. The number of hydrogen-bond donors (Lipinski definition) is 1. The first-order valence-corrected chi connectivity index (χ1v) is 7.98. The zero-order valence-corrected chi connectivity index (χ0v) is 12.9. The van der Waals surface area contributed by atoms with Crippen LogP contribution in [0.25, 0.3) is 0 Å². The van der Waals surface area contributed by atoms with Gasteiger partial charge in [0.05, 0.1) is 12.6 Å². The predicted octanol–water partition coefficient (Wildman–Crippen LogP) is 1.59. The number of thioether (sulfide) groups is 1. The van der Waals surface area contributed by atoms with E-state index < -0.39 is 6.04 Å². The molecule has 0 radical (unpaired) electrons. The van der Waals surface area contributed by atoms with E-state index in [1.807, 2.05) is 16.7 Å². The molecule has 1 heterocycles. The van der Waals surface area contributed by atoms with E-state index in [4.69, 9.17) is 10.5 Å². The van der Waals surface area contributed by atoms with Crippen molar-refractivity contribution in [2.75, 3.05) is 31.8 Å². The Kier molecular flexibility index (Phi) is 5.46. The molecule has 0 bridgehead atoms. The molecule has 4 nitrogen and oxygen atoms in total. The smallest absolute Gasteiger partial charge is 0.242 e. The number of hydrogen-bond acceptors (Lipinski definition) is 4.